The molecule has 4 rings (SSSR count). The highest BCUT2D eigenvalue weighted by Gasteiger charge is 2.39. The first-order valence-electron chi connectivity index (χ1n) is 9.69. The second-order valence-corrected chi connectivity index (χ2v) is 8.12. The summed E-state index contributed by atoms with van der Waals surface area (Å²) < 4.78 is 0. The Morgan fingerprint density at radius 3 is 2.50 bits per heavy atom. The number of rotatable bonds is 1. The summed E-state index contributed by atoms with van der Waals surface area (Å²) in [5.41, 5.74) is 3.22. The maximum Gasteiger partial charge on any atom is 0.0403 e. The highest BCUT2D eigenvalue weighted by Crippen LogP contribution is 2.43. The molecule has 3 aliphatic rings. The van der Waals surface area contributed by atoms with Crippen LogP contribution in [-0.4, -0.2) is 12.1 Å². The van der Waals surface area contributed by atoms with E-state index in [0.29, 0.717) is 0 Å². The van der Waals surface area contributed by atoms with E-state index in [4.69, 9.17) is 0 Å². The fourth-order valence-corrected chi connectivity index (χ4v) is 5.35. The van der Waals surface area contributed by atoms with Gasteiger partial charge in [-0.15, -0.1) is 0 Å². The van der Waals surface area contributed by atoms with E-state index in [1.165, 1.54) is 64.2 Å². The van der Waals surface area contributed by atoms with E-state index in [0.717, 1.165) is 23.9 Å². The van der Waals surface area contributed by atoms with Gasteiger partial charge >= 0.3 is 0 Å². The van der Waals surface area contributed by atoms with E-state index in [2.05, 4.69) is 36.1 Å². The van der Waals surface area contributed by atoms with E-state index in [9.17, 15) is 0 Å². The lowest BCUT2D eigenvalue weighted by molar-refractivity contribution is 0.300. The first-order chi connectivity index (χ1) is 10.8. The predicted octanol–water partition coefficient (Wildman–Crippen LogP) is 5.58. The molecule has 2 aliphatic carbocycles. The number of para-hydroxylation sites is 1. The van der Waals surface area contributed by atoms with Crippen LogP contribution in [0.1, 0.15) is 70.3 Å². The Labute approximate surface area is 136 Å². The molecule has 1 nitrogen and oxygen atoms in total. The molecular formula is C21H31N. The molecule has 3 atom stereocenters. The van der Waals surface area contributed by atoms with Crippen molar-refractivity contribution in [1.82, 2.24) is 0 Å². The molecule has 1 aromatic rings. The van der Waals surface area contributed by atoms with Gasteiger partial charge in [0.05, 0.1) is 0 Å². The van der Waals surface area contributed by atoms with Gasteiger partial charge in [-0.2, -0.15) is 0 Å². The molecule has 0 aromatic heterocycles. The quantitative estimate of drug-likeness (QED) is 0.654. The van der Waals surface area contributed by atoms with E-state index in [-0.39, 0.29) is 0 Å². The van der Waals surface area contributed by atoms with E-state index in [1.54, 1.807) is 11.3 Å². The minimum absolute atomic E-state index is 0.816. The van der Waals surface area contributed by atoms with Crippen LogP contribution in [0, 0.1) is 11.8 Å². The molecule has 120 valence electrons. The van der Waals surface area contributed by atoms with Crippen molar-refractivity contribution in [3.05, 3.63) is 29.8 Å². The summed E-state index contributed by atoms with van der Waals surface area (Å²) >= 11 is 0. The summed E-state index contributed by atoms with van der Waals surface area (Å²) in [4.78, 5) is 2.92. The fraction of sp³-hybridized carbons (Fsp3) is 0.714. The van der Waals surface area contributed by atoms with Crippen molar-refractivity contribution in [2.45, 2.75) is 83.2 Å². The molecule has 1 heteroatoms. The van der Waals surface area contributed by atoms with Crippen molar-refractivity contribution >= 4 is 5.69 Å². The second-order valence-electron chi connectivity index (χ2n) is 8.12. The molecule has 0 spiro atoms. The van der Waals surface area contributed by atoms with Gasteiger partial charge in [-0.3, -0.25) is 0 Å². The maximum absolute atomic E-state index is 2.92. The van der Waals surface area contributed by atoms with Crippen LogP contribution in [0.2, 0.25) is 0 Å². The van der Waals surface area contributed by atoms with Crippen LogP contribution in [0.5, 0.6) is 0 Å². The normalized spacial score (nSPS) is 33.0. The van der Waals surface area contributed by atoms with E-state index < -0.39 is 0 Å². The molecule has 3 unspecified atom stereocenters. The Bertz CT molecular complexity index is 502. The smallest absolute Gasteiger partial charge is 0.0403 e. The zero-order valence-electron chi connectivity index (χ0n) is 14.1. The summed E-state index contributed by atoms with van der Waals surface area (Å²) in [5, 5.41) is 0. The van der Waals surface area contributed by atoms with E-state index >= 15 is 0 Å². The van der Waals surface area contributed by atoms with Crippen molar-refractivity contribution in [3.63, 3.8) is 0 Å². The van der Waals surface area contributed by atoms with Gasteiger partial charge in [0, 0.05) is 17.8 Å². The van der Waals surface area contributed by atoms with Gasteiger partial charge in [-0.1, -0.05) is 50.8 Å². The molecule has 0 saturated heterocycles. The van der Waals surface area contributed by atoms with Crippen LogP contribution in [0.3, 0.4) is 0 Å². The predicted molar refractivity (Wildman–Crippen MR) is 94.4 cm³/mol. The zero-order chi connectivity index (χ0) is 14.9. The first-order valence-corrected chi connectivity index (χ1v) is 9.69. The van der Waals surface area contributed by atoms with Gasteiger partial charge in [0.15, 0.2) is 0 Å². The topological polar surface area (TPSA) is 3.24 Å². The van der Waals surface area contributed by atoms with Gasteiger partial charge in [0.25, 0.3) is 0 Å². The molecule has 1 aromatic carbocycles. The van der Waals surface area contributed by atoms with Crippen LogP contribution >= 0.6 is 0 Å². The first kappa shape index (κ1) is 14.6. The highest BCUT2D eigenvalue weighted by atomic mass is 15.2. The lowest BCUT2D eigenvalue weighted by Gasteiger charge is -2.48. The van der Waals surface area contributed by atoms with E-state index in [1.807, 2.05) is 0 Å². The van der Waals surface area contributed by atoms with Crippen LogP contribution < -0.4 is 4.90 Å². The third-order valence-corrected chi connectivity index (χ3v) is 6.61. The molecule has 2 fully saturated rings. The average molecular weight is 297 g/mol. The Balaban J connectivity index is 1.69. The number of nitrogens with zero attached hydrogens (tertiary/aromatic N) is 1. The molecule has 22 heavy (non-hydrogen) atoms. The molecule has 2 saturated carbocycles. The number of hydrogen-bond acceptors (Lipinski definition) is 1. The third-order valence-electron chi connectivity index (χ3n) is 6.61. The van der Waals surface area contributed by atoms with Crippen molar-refractivity contribution in [2.75, 3.05) is 4.90 Å². The Morgan fingerprint density at radius 1 is 0.864 bits per heavy atom. The Hall–Kier alpha value is -0.980. The van der Waals surface area contributed by atoms with Gasteiger partial charge < -0.3 is 4.90 Å². The highest BCUT2D eigenvalue weighted by molar-refractivity contribution is 5.58. The third kappa shape index (κ3) is 2.68. The summed E-state index contributed by atoms with van der Waals surface area (Å²) in [6.07, 6.45) is 14.3. The Kier molecular flexibility index (Phi) is 4.15. The van der Waals surface area contributed by atoms with Crippen LogP contribution in [0.25, 0.3) is 0 Å². The zero-order valence-corrected chi connectivity index (χ0v) is 14.1. The molecule has 1 heterocycles. The van der Waals surface area contributed by atoms with Crippen molar-refractivity contribution in [2.24, 2.45) is 11.8 Å². The fourth-order valence-electron chi connectivity index (χ4n) is 5.35. The van der Waals surface area contributed by atoms with Gasteiger partial charge in [-0.05, 0) is 62.0 Å². The number of hydrogen-bond donors (Lipinski definition) is 0. The molecule has 0 bridgehead atoms. The average Bonchev–Trinajstić information content (AvgIpc) is 2.75. The summed E-state index contributed by atoms with van der Waals surface area (Å²) in [5.74, 6) is 1.84. The molecular weight excluding hydrogens is 266 g/mol. The second kappa shape index (κ2) is 6.26. The monoisotopic (exact) mass is 297 g/mol. The van der Waals surface area contributed by atoms with Gasteiger partial charge in [0.1, 0.15) is 0 Å². The lowest BCUT2D eigenvalue weighted by atomic mass is 9.80. The summed E-state index contributed by atoms with van der Waals surface area (Å²) in [7, 11) is 0. The lowest BCUT2D eigenvalue weighted by Crippen LogP contribution is -2.51. The number of fused-ring (bicyclic) bond motifs is 2. The van der Waals surface area contributed by atoms with Crippen LogP contribution in [0.15, 0.2) is 24.3 Å². The largest absolute Gasteiger partial charge is 0.365 e. The molecule has 0 N–H and O–H groups in total. The Morgan fingerprint density at radius 2 is 1.64 bits per heavy atom. The minimum Gasteiger partial charge on any atom is -0.365 e. The molecule has 0 radical (unpaired) electrons. The van der Waals surface area contributed by atoms with Gasteiger partial charge in [-0.25, -0.2) is 0 Å². The number of anilines is 1. The standard InChI is InChI=1S/C21H31N/c1-16-11-13-18-15-17-7-5-6-10-20(17)22(21(18)14-12-16)19-8-3-2-4-9-19/h5-7,10,16,18-19,21H,2-4,8-9,11-15H2,1H3. The number of benzene rings is 1. The molecule has 0 amide bonds. The van der Waals surface area contributed by atoms with Crippen molar-refractivity contribution < 1.29 is 0 Å². The van der Waals surface area contributed by atoms with Crippen molar-refractivity contribution in [1.29, 1.82) is 0 Å². The van der Waals surface area contributed by atoms with Crippen LogP contribution in [-0.2, 0) is 6.42 Å². The SMILES string of the molecule is CC1CCC2Cc3ccccc3N(C3CCCCC3)C2CC1. The van der Waals surface area contributed by atoms with Crippen LogP contribution in [0.4, 0.5) is 5.69 Å². The summed E-state index contributed by atoms with van der Waals surface area (Å²) in [6, 6.07) is 11.0. The minimum atomic E-state index is 0.816. The van der Waals surface area contributed by atoms with Gasteiger partial charge in [0.2, 0.25) is 0 Å². The molecule has 1 aliphatic heterocycles. The maximum atomic E-state index is 2.92. The van der Waals surface area contributed by atoms with Crippen molar-refractivity contribution in [3.8, 4) is 0 Å². The summed E-state index contributed by atoms with van der Waals surface area (Å²) in [6.45, 7) is 2.47.